The Hall–Kier alpha value is -1.80. The fourth-order valence-corrected chi connectivity index (χ4v) is 2.40. The maximum Gasteiger partial charge on any atom is 0.205 e. The first-order valence-corrected chi connectivity index (χ1v) is 6.42. The van der Waals surface area contributed by atoms with E-state index in [2.05, 4.69) is 15.6 Å². The van der Waals surface area contributed by atoms with Crippen LogP contribution >= 0.6 is 11.6 Å². The van der Waals surface area contributed by atoms with Gasteiger partial charge in [-0.05, 0) is 36.1 Å². The largest absolute Gasteiger partial charge is 0.349 e. The van der Waals surface area contributed by atoms with Crippen LogP contribution in [0, 0.1) is 11.5 Å². The summed E-state index contributed by atoms with van der Waals surface area (Å²) in [7, 11) is 0. The molecule has 0 aromatic heterocycles. The van der Waals surface area contributed by atoms with Gasteiger partial charge >= 0.3 is 0 Å². The van der Waals surface area contributed by atoms with Crippen LogP contribution in [0.3, 0.4) is 0 Å². The molecule has 1 aliphatic carbocycles. The van der Waals surface area contributed by atoms with Crippen LogP contribution < -0.4 is 10.6 Å². The Morgan fingerprint density at radius 2 is 2.42 bits per heavy atom. The average molecular weight is 281 g/mol. The van der Waals surface area contributed by atoms with E-state index in [4.69, 9.17) is 16.9 Å². The van der Waals surface area contributed by atoms with E-state index in [-0.39, 0.29) is 12.6 Å². The van der Waals surface area contributed by atoms with Gasteiger partial charge in [-0.25, -0.2) is 9.38 Å². The molecule has 0 radical (unpaired) electrons. The topological polar surface area (TPSA) is 60.2 Å². The average Bonchev–Trinajstić information content (AvgIpc) is 2.79. The van der Waals surface area contributed by atoms with Crippen molar-refractivity contribution in [3.8, 4) is 6.19 Å². The van der Waals surface area contributed by atoms with Gasteiger partial charge < -0.3 is 5.32 Å². The van der Waals surface area contributed by atoms with Crippen molar-refractivity contribution in [2.75, 3.05) is 13.2 Å². The Balaban J connectivity index is 2.12. The molecule has 0 fully saturated rings. The molecule has 4 nitrogen and oxygen atoms in total. The number of nitriles is 1. The van der Waals surface area contributed by atoms with Crippen LogP contribution in [0.5, 0.6) is 0 Å². The molecule has 2 rings (SSSR count). The van der Waals surface area contributed by atoms with E-state index in [1.54, 1.807) is 6.19 Å². The number of nitrogens with one attached hydrogen (secondary N) is 2. The molecule has 0 bridgehead atoms. The van der Waals surface area contributed by atoms with Gasteiger partial charge in [-0.15, -0.1) is 0 Å². The minimum atomic E-state index is -0.550. The van der Waals surface area contributed by atoms with E-state index >= 15 is 0 Å². The van der Waals surface area contributed by atoms with E-state index in [1.807, 2.05) is 18.2 Å². The molecule has 1 aliphatic rings. The maximum atomic E-state index is 12.1. The molecule has 0 amide bonds. The molecule has 100 valence electrons. The quantitative estimate of drug-likeness (QED) is 0.387. The summed E-state index contributed by atoms with van der Waals surface area (Å²) >= 11 is 5.99. The van der Waals surface area contributed by atoms with Crippen LogP contribution in [0.4, 0.5) is 4.39 Å². The molecule has 0 heterocycles. The molecule has 1 aromatic rings. The molecule has 0 aliphatic heterocycles. The Morgan fingerprint density at radius 1 is 1.58 bits per heavy atom. The summed E-state index contributed by atoms with van der Waals surface area (Å²) in [4.78, 5) is 3.95. The van der Waals surface area contributed by atoms with Gasteiger partial charge in [-0.3, -0.25) is 5.32 Å². The van der Waals surface area contributed by atoms with E-state index in [1.165, 1.54) is 5.56 Å². The molecule has 0 saturated heterocycles. The summed E-state index contributed by atoms with van der Waals surface area (Å²) in [5.74, 6) is 0.304. The predicted octanol–water partition coefficient (Wildman–Crippen LogP) is 2.31. The van der Waals surface area contributed by atoms with Crippen molar-refractivity contribution in [1.29, 1.82) is 5.26 Å². The zero-order chi connectivity index (χ0) is 13.7. The lowest BCUT2D eigenvalue weighted by atomic mass is 10.1. The van der Waals surface area contributed by atoms with Crippen molar-refractivity contribution in [2.45, 2.75) is 18.9 Å². The van der Waals surface area contributed by atoms with Crippen molar-refractivity contribution < 1.29 is 4.39 Å². The monoisotopic (exact) mass is 280 g/mol. The maximum absolute atomic E-state index is 12.1. The number of aryl methyl sites for hydroxylation is 1. The number of rotatable bonds is 3. The van der Waals surface area contributed by atoms with Crippen LogP contribution in [0.2, 0.25) is 5.02 Å². The molecule has 2 N–H and O–H groups in total. The summed E-state index contributed by atoms with van der Waals surface area (Å²) in [6, 6.07) is 5.85. The van der Waals surface area contributed by atoms with Gasteiger partial charge in [0.05, 0.1) is 12.6 Å². The Labute approximate surface area is 116 Å². The smallest absolute Gasteiger partial charge is 0.205 e. The number of hydrogen-bond donors (Lipinski definition) is 2. The fraction of sp³-hybridized carbons (Fsp3) is 0.385. The van der Waals surface area contributed by atoms with Gasteiger partial charge in [0.25, 0.3) is 0 Å². The summed E-state index contributed by atoms with van der Waals surface area (Å²) < 4.78 is 12.1. The number of halogens is 2. The molecule has 1 aromatic carbocycles. The van der Waals surface area contributed by atoms with Crippen LogP contribution in [-0.2, 0) is 6.42 Å². The van der Waals surface area contributed by atoms with Gasteiger partial charge in [-0.1, -0.05) is 17.7 Å². The van der Waals surface area contributed by atoms with Crippen molar-refractivity contribution >= 4 is 17.6 Å². The number of benzene rings is 1. The summed E-state index contributed by atoms with van der Waals surface area (Å²) in [5.41, 5.74) is 2.35. The molecule has 0 spiro atoms. The number of nitrogens with zero attached hydrogens (tertiary/aromatic N) is 2. The van der Waals surface area contributed by atoms with Gasteiger partial charge in [0.2, 0.25) is 5.96 Å². The Morgan fingerprint density at radius 3 is 3.16 bits per heavy atom. The highest BCUT2D eigenvalue weighted by atomic mass is 35.5. The molecular formula is C13H14ClFN4. The predicted molar refractivity (Wildman–Crippen MR) is 72.7 cm³/mol. The van der Waals surface area contributed by atoms with Crippen LogP contribution in [0.1, 0.15) is 23.6 Å². The van der Waals surface area contributed by atoms with E-state index in [0.717, 1.165) is 18.4 Å². The minimum absolute atomic E-state index is 0.0339. The third kappa shape index (κ3) is 3.36. The molecule has 1 atom stereocenters. The van der Waals surface area contributed by atoms with Crippen LogP contribution in [0.15, 0.2) is 23.2 Å². The van der Waals surface area contributed by atoms with Crippen LogP contribution in [0.25, 0.3) is 0 Å². The molecule has 19 heavy (non-hydrogen) atoms. The van der Waals surface area contributed by atoms with Crippen molar-refractivity contribution in [1.82, 2.24) is 10.6 Å². The first-order valence-electron chi connectivity index (χ1n) is 6.05. The van der Waals surface area contributed by atoms with Gasteiger partial charge in [0.15, 0.2) is 6.19 Å². The molecule has 0 saturated carbocycles. The van der Waals surface area contributed by atoms with Crippen LogP contribution in [-0.4, -0.2) is 19.2 Å². The van der Waals surface area contributed by atoms with E-state index in [0.29, 0.717) is 11.0 Å². The Kier molecular flexibility index (Phi) is 4.58. The SMILES string of the molecule is N#CNC(=NCCF)NC1CCc2ccc(Cl)cc21. The Bertz CT molecular complexity index is 524. The van der Waals surface area contributed by atoms with Crippen molar-refractivity contribution in [3.63, 3.8) is 0 Å². The summed E-state index contributed by atoms with van der Waals surface area (Å²) in [5, 5.41) is 14.9. The van der Waals surface area contributed by atoms with Gasteiger partial charge in [0, 0.05) is 5.02 Å². The number of guanidine groups is 1. The van der Waals surface area contributed by atoms with Crippen molar-refractivity contribution in [3.05, 3.63) is 34.3 Å². The second-order valence-corrected chi connectivity index (χ2v) is 4.67. The standard InChI is InChI=1S/C13H14ClFN4/c14-10-3-1-9-2-4-12(11(9)7-10)19-13(18-8-16)17-6-5-15/h1,3,7,12H,2,4-6H2,(H2,17,18,19). The van der Waals surface area contributed by atoms with Crippen molar-refractivity contribution in [2.24, 2.45) is 4.99 Å². The number of alkyl halides is 1. The molecule has 6 heteroatoms. The lowest BCUT2D eigenvalue weighted by Crippen LogP contribution is -2.36. The number of fused-ring (bicyclic) bond motifs is 1. The summed E-state index contributed by atoms with van der Waals surface area (Å²) in [6.07, 6.45) is 3.65. The molecular weight excluding hydrogens is 267 g/mol. The lowest BCUT2D eigenvalue weighted by Gasteiger charge is -2.16. The fourth-order valence-electron chi connectivity index (χ4n) is 2.22. The highest BCUT2D eigenvalue weighted by Gasteiger charge is 2.23. The zero-order valence-electron chi connectivity index (χ0n) is 10.3. The van der Waals surface area contributed by atoms with Gasteiger partial charge in [-0.2, -0.15) is 5.26 Å². The number of hydrogen-bond acceptors (Lipinski definition) is 2. The second kappa shape index (κ2) is 6.39. The normalized spacial score (nSPS) is 17.7. The first-order chi connectivity index (χ1) is 9.24. The lowest BCUT2D eigenvalue weighted by molar-refractivity contribution is 0.503. The van der Waals surface area contributed by atoms with Gasteiger partial charge in [0.1, 0.15) is 6.67 Å². The van der Waals surface area contributed by atoms with E-state index < -0.39 is 6.67 Å². The highest BCUT2D eigenvalue weighted by Crippen LogP contribution is 2.32. The second-order valence-electron chi connectivity index (χ2n) is 4.23. The minimum Gasteiger partial charge on any atom is -0.349 e. The summed E-state index contributed by atoms with van der Waals surface area (Å²) in [6.45, 7) is -0.516. The third-order valence-electron chi connectivity index (χ3n) is 3.03. The molecule has 1 unspecified atom stereocenters. The first kappa shape index (κ1) is 13.6. The number of aliphatic imine (C=N–C) groups is 1. The van der Waals surface area contributed by atoms with E-state index in [9.17, 15) is 4.39 Å². The highest BCUT2D eigenvalue weighted by molar-refractivity contribution is 6.30. The third-order valence-corrected chi connectivity index (χ3v) is 3.26. The zero-order valence-corrected chi connectivity index (χ0v) is 11.0.